The van der Waals surface area contributed by atoms with Crippen LogP contribution in [0.3, 0.4) is 0 Å². The Morgan fingerprint density at radius 1 is 1.32 bits per heavy atom. The molecule has 0 heterocycles. The number of benzene rings is 2. The van der Waals surface area contributed by atoms with Crippen LogP contribution in [-0.2, 0) is 11.2 Å². The maximum Gasteiger partial charge on any atom is 0.271 e. The molecule has 1 amide bonds. The second-order valence-corrected chi connectivity index (χ2v) is 4.50. The van der Waals surface area contributed by atoms with E-state index in [1.807, 2.05) is 0 Å². The number of carbonyl (C=O) groups is 1. The summed E-state index contributed by atoms with van der Waals surface area (Å²) in [6.07, 6.45) is -0.000663. The third-order valence-corrected chi connectivity index (χ3v) is 2.93. The van der Waals surface area contributed by atoms with Gasteiger partial charge >= 0.3 is 0 Å². The molecule has 0 saturated carbocycles. The molecular weight excluding hydrogens is 291 g/mol. The number of halogens is 1. The molecule has 0 bridgehead atoms. The Bertz CT molecular complexity index is 718. The summed E-state index contributed by atoms with van der Waals surface area (Å²) in [5.74, 6) is -0.607. The third-order valence-electron chi connectivity index (χ3n) is 2.93. The van der Waals surface area contributed by atoms with E-state index in [0.29, 0.717) is 11.3 Å². The largest absolute Gasteiger partial charge is 0.497 e. The van der Waals surface area contributed by atoms with Gasteiger partial charge in [0, 0.05) is 12.1 Å². The molecule has 0 aliphatic heterocycles. The van der Waals surface area contributed by atoms with Crippen LogP contribution >= 0.6 is 0 Å². The smallest absolute Gasteiger partial charge is 0.271 e. The van der Waals surface area contributed by atoms with E-state index in [1.165, 1.54) is 7.11 Å². The van der Waals surface area contributed by atoms with Gasteiger partial charge in [-0.3, -0.25) is 14.9 Å². The SMILES string of the molecule is COc1cccc(CC(=O)Nc2cc([N+](=O)[O-])ccc2F)c1. The van der Waals surface area contributed by atoms with Gasteiger partial charge in [-0.2, -0.15) is 0 Å². The Kier molecular flexibility index (Phi) is 4.67. The molecule has 0 saturated heterocycles. The first-order chi connectivity index (χ1) is 10.5. The molecule has 0 unspecified atom stereocenters. The quantitative estimate of drug-likeness (QED) is 0.680. The lowest BCUT2D eigenvalue weighted by atomic mass is 10.1. The summed E-state index contributed by atoms with van der Waals surface area (Å²) < 4.78 is 18.6. The van der Waals surface area contributed by atoms with Crippen LogP contribution in [0.15, 0.2) is 42.5 Å². The predicted octanol–water partition coefficient (Wildman–Crippen LogP) is 2.92. The molecule has 2 rings (SSSR count). The maximum absolute atomic E-state index is 13.6. The first-order valence-corrected chi connectivity index (χ1v) is 6.36. The average Bonchev–Trinajstić information content (AvgIpc) is 2.49. The van der Waals surface area contributed by atoms with E-state index >= 15 is 0 Å². The number of nitrogens with one attached hydrogen (secondary N) is 1. The van der Waals surface area contributed by atoms with Crippen LogP contribution in [0.5, 0.6) is 5.75 Å². The number of nitro groups is 1. The number of methoxy groups -OCH3 is 1. The highest BCUT2D eigenvalue weighted by Gasteiger charge is 2.13. The topological polar surface area (TPSA) is 81.5 Å². The van der Waals surface area contributed by atoms with Gasteiger partial charge in [0.15, 0.2) is 0 Å². The molecule has 6 nitrogen and oxygen atoms in total. The fourth-order valence-electron chi connectivity index (χ4n) is 1.88. The Balaban J connectivity index is 2.11. The molecular formula is C15H13FN2O4. The summed E-state index contributed by atoms with van der Waals surface area (Å²) in [5, 5.41) is 13.0. The molecule has 2 aromatic carbocycles. The van der Waals surface area contributed by atoms with E-state index in [4.69, 9.17) is 4.74 Å². The van der Waals surface area contributed by atoms with Crippen molar-refractivity contribution in [3.05, 3.63) is 64.0 Å². The van der Waals surface area contributed by atoms with Gasteiger partial charge in [-0.05, 0) is 23.8 Å². The zero-order chi connectivity index (χ0) is 16.1. The lowest BCUT2D eigenvalue weighted by Crippen LogP contribution is -2.15. The van der Waals surface area contributed by atoms with Gasteiger partial charge in [-0.15, -0.1) is 0 Å². The van der Waals surface area contributed by atoms with E-state index in [9.17, 15) is 19.3 Å². The van der Waals surface area contributed by atoms with Crippen LogP contribution in [0.25, 0.3) is 0 Å². The number of hydrogen-bond donors (Lipinski definition) is 1. The Morgan fingerprint density at radius 2 is 2.09 bits per heavy atom. The molecule has 2 aromatic rings. The number of nitrogens with zero attached hydrogens (tertiary/aromatic N) is 1. The van der Waals surface area contributed by atoms with Crippen molar-refractivity contribution < 1.29 is 18.8 Å². The molecule has 0 fully saturated rings. The van der Waals surface area contributed by atoms with Crippen molar-refractivity contribution in [2.45, 2.75) is 6.42 Å². The molecule has 1 N–H and O–H groups in total. The molecule has 22 heavy (non-hydrogen) atoms. The van der Waals surface area contributed by atoms with Crippen molar-refractivity contribution in [1.82, 2.24) is 0 Å². The van der Waals surface area contributed by atoms with Crippen molar-refractivity contribution in [1.29, 1.82) is 0 Å². The molecule has 0 aliphatic carbocycles. The summed E-state index contributed by atoms with van der Waals surface area (Å²) in [5.41, 5.74) is 0.169. The number of nitro benzene ring substituents is 1. The Hall–Kier alpha value is -2.96. The fraction of sp³-hybridized carbons (Fsp3) is 0.133. The van der Waals surface area contributed by atoms with E-state index in [0.717, 1.165) is 18.2 Å². The van der Waals surface area contributed by atoms with Gasteiger partial charge in [-0.25, -0.2) is 4.39 Å². The predicted molar refractivity (Wildman–Crippen MR) is 78.4 cm³/mol. The summed E-state index contributed by atoms with van der Waals surface area (Å²) in [6, 6.07) is 9.84. The van der Waals surface area contributed by atoms with Crippen molar-refractivity contribution >= 4 is 17.3 Å². The number of hydrogen-bond acceptors (Lipinski definition) is 4. The highest BCUT2D eigenvalue weighted by molar-refractivity contribution is 5.92. The number of carbonyl (C=O) groups excluding carboxylic acids is 1. The second-order valence-electron chi connectivity index (χ2n) is 4.50. The molecule has 0 atom stereocenters. The molecule has 7 heteroatoms. The third kappa shape index (κ3) is 3.78. The van der Waals surface area contributed by atoms with Gasteiger partial charge in [0.2, 0.25) is 5.91 Å². The molecule has 114 valence electrons. The minimum absolute atomic E-state index is 0.000663. The van der Waals surface area contributed by atoms with E-state index in [2.05, 4.69) is 5.32 Å². The van der Waals surface area contributed by atoms with Gasteiger partial charge < -0.3 is 10.1 Å². The number of anilines is 1. The number of amides is 1. The Morgan fingerprint density at radius 3 is 2.77 bits per heavy atom. The van der Waals surface area contributed by atoms with Crippen LogP contribution in [0.1, 0.15) is 5.56 Å². The van der Waals surface area contributed by atoms with Gasteiger partial charge in [0.1, 0.15) is 11.6 Å². The first kappa shape index (κ1) is 15.4. The minimum atomic E-state index is -0.732. The molecule has 0 radical (unpaired) electrons. The van der Waals surface area contributed by atoms with Crippen molar-refractivity contribution in [2.24, 2.45) is 0 Å². The van der Waals surface area contributed by atoms with Gasteiger partial charge in [0.05, 0.1) is 24.1 Å². The highest BCUT2D eigenvalue weighted by Crippen LogP contribution is 2.21. The van der Waals surface area contributed by atoms with Crippen molar-refractivity contribution in [3.63, 3.8) is 0 Å². The zero-order valence-corrected chi connectivity index (χ0v) is 11.7. The number of non-ortho nitro benzene ring substituents is 1. The first-order valence-electron chi connectivity index (χ1n) is 6.36. The van der Waals surface area contributed by atoms with Gasteiger partial charge in [0.25, 0.3) is 5.69 Å². The van der Waals surface area contributed by atoms with Crippen LogP contribution in [0.2, 0.25) is 0 Å². The summed E-state index contributed by atoms with van der Waals surface area (Å²) in [4.78, 5) is 21.9. The minimum Gasteiger partial charge on any atom is -0.497 e. The highest BCUT2D eigenvalue weighted by atomic mass is 19.1. The van der Waals surface area contributed by atoms with Crippen LogP contribution < -0.4 is 10.1 Å². The normalized spacial score (nSPS) is 10.1. The lowest BCUT2D eigenvalue weighted by Gasteiger charge is -2.07. The molecule has 0 spiro atoms. The molecule has 0 aliphatic rings. The Labute approximate surface area is 125 Å². The lowest BCUT2D eigenvalue weighted by molar-refractivity contribution is -0.384. The zero-order valence-electron chi connectivity index (χ0n) is 11.7. The van der Waals surface area contributed by atoms with Crippen LogP contribution in [0.4, 0.5) is 15.8 Å². The maximum atomic E-state index is 13.6. The standard InChI is InChI=1S/C15H13FN2O4/c1-22-12-4-2-3-10(7-12)8-15(19)17-14-9-11(18(20)21)5-6-13(14)16/h2-7,9H,8H2,1H3,(H,17,19). The van der Waals surface area contributed by atoms with Crippen molar-refractivity contribution in [3.8, 4) is 5.75 Å². The van der Waals surface area contributed by atoms with Crippen LogP contribution in [0, 0.1) is 15.9 Å². The van der Waals surface area contributed by atoms with Gasteiger partial charge in [-0.1, -0.05) is 12.1 Å². The summed E-state index contributed by atoms with van der Waals surface area (Å²) in [6.45, 7) is 0. The summed E-state index contributed by atoms with van der Waals surface area (Å²) >= 11 is 0. The van der Waals surface area contributed by atoms with Crippen molar-refractivity contribution in [2.75, 3.05) is 12.4 Å². The summed E-state index contributed by atoms with van der Waals surface area (Å²) in [7, 11) is 1.51. The average molecular weight is 304 g/mol. The van der Waals surface area contributed by atoms with E-state index in [1.54, 1.807) is 24.3 Å². The van der Waals surface area contributed by atoms with Crippen LogP contribution in [-0.4, -0.2) is 17.9 Å². The fourth-order valence-corrected chi connectivity index (χ4v) is 1.88. The number of ether oxygens (including phenoxy) is 1. The monoisotopic (exact) mass is 304 g/mol. The second kappa shape index (κ2) is 6.66. The number of rotatable bonds is 5. The van der Waals surface area contributed by atoms with E-state index < -0.39 is 16.6 Å². The van der Waals surface area contributed by atoms with E-state index in [-0.39, 0.29) is 17.8 Å². The molecule has 0 aromatic heterocycles.